The minimum atomic E-state index is 0.658. The van der Waals surface area contributed by atoms with Crippen molar-refractivity contribution in [1.82, 2.24) is 9.50 Å². The molecule has 2 aromatic heterocycles. The molecule has 2 N–H and O–H groups in total. The summed E-state index contributed by atoms with van der Waals surface area (Å²) in [6, 6.07) is 2.67. The Labute approximate surface area is 75.6 Å². The maximum Gasteiger partial charge on any atom is 0.199 e. The van der Waals surface area contributed by atoms with E-state index in [4.69, 9.17) is 5.73 Å². The SMILES string of the molecule is Nc1cnc2cc[n+](C3CC3)n2c1. The van der Waals surface area contributed by atoms with Crippen LogP contribution in [0.2, 0.25) is 0 Å². The van der Waals surface area contributed by atoms with Crippen molar-refractivity contribution in [2.75, 3.05) is 5.73 Å². The number of hydrogen-bond donors (Lipinski definition) is 1. The van der Waals surface area contributed by atoms with Gasteiger partial charge in [0.1, 0.15) is 0 Å². The van der Waals surface area contributed by atoms with Gasteiger partial charge in [-0.15, -0.1) is 9.20 Å². The number of nitrogen functional groups attached to an aromatic ring is 1. The van der Waals surface area contributed by atoms with Crippen LogP contribution in [0.1, 0.15) is 18.9 Å². The summed E-state index contributed by atoms with van der Waals surface area (Å²) in [5.41, 5.74) is 7.34. The molecule has 1 fully saturated rings. The molecule has 3 rings (SSSR count). The molecule has 0 atom stereocenters. The Hall–Kier alpha value is -1.58. The lowest BCUT2D eigenvalue weighted by Crippen LogP contribution is -2.37. The molecule has 0 radical (unpaired) electrons. The molecule has 66 valence electrons. The molecule has 0 saturated heterocycles. The molecular weight excluding hydrogens is 164 g/mol. The van der Waals surface area contributed by atoms with Gasteiger partial charge in [-0.25, -0.2) is 4.98 Å². The van der Waals surface area contributed by atoms with Crippen molar-refractivity contribution in [2.24, 2.45) is 0 Å². The van der Waals surface area contributed by atoms with Gasteiger partial charge in [-0.2, -0.15) is 0 Å². The van der Waals surface area contributed by atoms with Gasteiger partial charge in [0.15, 0.2) is 17.9 Å². The molecule has 4 heteroatoms. The van der Waals surface area contributed by atoms with E-state index in [9.17, 15) is 0 Å². The van der Waals surface area contributed by atoms with E-state index in [2.05, 4.69) is 15.9 Å². The molecule has 1 aliphatic rings. The number of aromatic nitrogens is 3. The third-order valence-electron chi connectivity index (χ3n) is 2.40. The van der Waals surface area contributed by atoms with E-state index in [1.54, 1.807) is 6.20 Å². The van der Waals surface area contributed by atoms with Crippen LogP contribution in [0.15, 0.2) is 24.7 Å². The van der Waals surface area contributed by atoms with Gasteiger partial charge in [-0.1, -0.05) is 0 Å². The summed E-state index contributed by atoms with van der Waals surface area (Å²) >= 11 is 0. The summed E-state index contributed by atoms with van der Waals surface area (Å²) in [4.78, 5) is 4.23. The largest absolute Gasteiger partial charge is 0.396 e. The predicted molar refractivity (Wildman–Crippen MR) is 48.1 cm³/mol. The van der Waals surface area contributed by atoms with Crippen molar-refractivity contribution in [3.63, 3.8) is 0 Å². The minimum absolute atomic E-state index is 0.658. The molecule has 0 aromatic carbocycles. The second-order valence-corrected chi connectivity index (χ2v) is 3.52. The van der Waals surface area contributed by atoms with E-state index >= 15 is 0 Å². The van der Waals surface area contributed by atoms with Gasteiger partial charge in [-0.3, -0.25) is 0 Å². The summed E-state index contributed by atoms with van der Waals surface area (Å²) in [5.74, 6) is 0. The maximum absolute atomic E-state index is 5.68. The Bertz CT molecular complexity index is 456. The molecule has 0 spiro atoms. The second-order valence-electron chi connectivity index (χ2n) is 3.52. The van der Waals surface area contributed by atoms with Gasteiger partial charge in [-0.05, 0) is 0 Å². The van der Waals surface area contributed by atoms with Crippen LogP contribution in [0.25, 0.3) is 5.65 Å². The summed E-state index contributed by atoms with van der Waals surface area (Å²) in [5, 5.41) is 0. The number of anilines is 1. The summed E-state index contributed by atoms with van der Waals surface area (Å²) < 4.78 is 4.21. The third kappa shape index (κ3) is 0.983. The van der Waals surface area contributed by atoms with Crippen LogP contribution in [0.5, 0.6) is 0 Å². The average Bonchev–Trinajstić information content (AvgIpc) is 2.87. The average molecular weight is 175 g/mol. The molecule has 4 nitrogen and oxygen atoms in total. The van der Waals surface area contributed by atoms with Crippen molar-refractivity contribution in [1.29, 1.82) is 0 Å². The van der Waals surface area contributed by atoms with Crippen LogP contribution in [0.4, 0.5) is 5.69 Å². The van der Waals surface area contributed by atoms with Crippen LogP contribution in [-0.4, -0.2) is 9.50 Å². The van der Waals surface area contributed by atoms with E-state index in [0.717, 1.165) is 5.65 Å². The fourth-order valence-electron chi connectivity index (χ4n) is 1.60. The molecule has 0 bridgehead atoms. The lowest BCUT2D eigenvalue weighted by molar-refractivity contribution is -0.763. The number of hydrogen-bond acceptors (Lipinski definition) is 2. The van der Waals surface area contributed by atoms with Gasteiger partial charge < -0.3 is 5.73 Å². The van der Waals surface area contributed by atoms with Crippen LogP contribution in [0.3, 0.4) is 0 Å². The highest BCUT2D eigenvalue weighted by Gasteiger charge is 2.34. The van der Waals surface area contributed by atoms with Gasteiger partial charge in [0, 0.05) is 12.8 Å². The molecule has 1 aliphatic carbocycles. The fourth-order valence-corrected chi connectivity index (χ4v) is 1.60. The van der Waals surface area contributed by atoms with E-state index < -0.39 is 0 Å². The Morgan fingerprint density at radius 3 is 3.15 bits per heavy atom. The number of nitrogens with zero attached hydrogens (tertiary/aromatic N) is 3. The number of nitrogens with two attached hydrogens (primary N) is 1. The standard InChI is InChI=1S/C9H11N4/c10-7-5-11-9-3-4-12(8-1-2-8)13(9)6-7/h3-6,8H,1-2,10H2/q+1. The quantitative estimate of drug-likeness (QED) is 0.643. The Morgan fingerprint density at radius 1 is 1.54 bits per heavy atom. The monoisotopic (exact) mass is 175 g/mol. The topological polar surface area (TPSA) is 47.2 Å². The molecule has 1 saturated carbocycles. The Morgan fingerprint density at radius 2 is 2.38 bits per heavy atom. The van der Waals surface area contributed by atoms with E-state index in [0.29, 0.717) is 11.7 Å². The first kappa shape index (κ1) is 6.88. The Balaban J connectivity index is 2.29. The van der Waals surface area contributed by atoms with Gasteiger partial charge in [0.2, 0.25) is 0 Å². The number of rotatable bonds is 1. The van der Waals surface area contributed by atoms with E-state index in [1.165, 1.54) is 12.8 Å². The zero-order valence-corrected chi connectivity index (χ0v) is 7.22. The second kappa shape index (κ2) is 2.22. The zero-order valence-electron chi connectivity index (χ0n) is 7.22. The smallest absolute Gasteiger partial charge is 0.199 e. The predicted octanol–water partition coefficient (Wildman–Crippen LogP) is 0.539. The van der Waals surface area contributed by atoms with Crippen molar-refractivity contribution in [2.45, 2.75) is 18.9 Å². The van der Waals surface area contributed by atoms with Crippen LogP contribution >= 0.6 is 0 Å². The summed E-state index contributed by atoms with van der Waals surface area (Å²) in [6.07, 6.45) is 8.21. The number of fused-ring (bicyclic) bond motifs is 1. The van der Waals surface area contributed by atoms with Gasteiger partial charge in [0.05, 0.1) is 24.1 Å². The summed E-state index contributed by atoms with van der Waals surface area (Å²) in [6.45, 7) is 0. The van der Waals surface area contributed by atoms with Crippen molar-refractivity contribution < 1.29 is 4.68 Å². The molecule has 2 heterocycles. The molecule has 0 unspecified atom stereocenters. The highest BCUT2D eigenvalue weighted by molar-refractivity contribution is 5.41. The van der Waals surface area contributed by atoms with E-state index in [-0.39, 0.29) is 0 Å². The minimum Gasteiger partial charge on any atom is -0.396 e. The van der Waals surface area contributed by atoms with E-state index in [1.807, 2.05) is 16.8 Å². The first-order valence-electron chi connectivity index (χ1n) is 4.48. The highest BCUT2D eigenvalue weighted by Crippen LogP contribution is 2.28. The van der Waals surface area contributed by atoms with Crippen molar-refractivity contribution >= 4 is 11.3 Å². The van der Waals surface area contributed by atoms with Crippen LogP contribution < -0.4 is 10.4 Å². The molecular formula is C9H11N4+. The van der Waals surface area contributed by atoms with Crippen LogP contribution in [0, 0.1) is 0 Å². The summed E-state index contributed by atoms with van der Waals surface area (Å²) in [7, 11) is 0. The molecule has 2 aromatic rings. The molecule has 0 amide bonds. The lowest BCUT2D eigenvalue weighted by Gasteiger charge is -1.94. The molecule has 0 aliphatic heterocycles. The fraction of sp³-hybridized carbons (Fsp3) is 0.333. The van der Waals surface area contributed by atoms with Gasteiger partial charge >= 0.3 is 0 Å². The molecule has 13 heavy (non-hydrogen) atoms. The van der Waals surface area contributed by atoms with Crippen molar-refractivity contribution in [3.05, 3.63) is 24.7 Å². The first-order chi connectivity index (χ1) is 6.34. The first-order valence-corrected chi connectivity index (χ1v) is 4.48. The third-order valence-corrected chi connectivity index (χ3v) is 2.40. The maximum atomic E-state index is 5.68. The highest BCUT2D eigenvalue weighted by atomic mass is 15.4. The lowest BCUT2D eigenvalue weighted by atomic mass is 10.5. The van der Waals surface area contributed by atoms with Crippen molar-refractivity contribution in [3.8, 4) is 0 Å². The normalized spacial score (nSPS) is 16.6. The van der Waals surface area contributed by atoms with Crippen LogP contribution in [-0.2, 0) is 0 Å². The van der Waals surface area contributed by atoms with Gasteiger partial charge in [0.25, 0.3) is 0 Å². The Kier molecular flexibility index (Phi) is 1.17. The zero-order chi connectivity index (χ0) is 8.84.